The number of rotatable bonds is 4. The van der Waals surface area contributed by atoms with Crippen LogP contribution in [0.1, 0.15) is 0 Å². The van der Waals surface area contributed by atoms with Crippen LogP contribution in [0.2, 0.25) is 0 Å². The average Bonchev–Trinajstić information content (AvgIpc) is 3.98. The first-order valence-electron chi connectivity index (χ1n) is 19.0. The Balaban J connectivity index is 1.26. The van der Waals surface area contributed by atoms with Crippen LogP contribution in [0.15, 0.2) is 89.3 Å². The van der Waals surface area contributed by atoms with Gasteiger partial charge in [-0.1, -0.05) is 78.9 Å². The molecule has 11 rings (SSSR count). The summed E-state index contributed by atoms with van der Waals surface area (Å²) < 4.78 is 7.50. The third kappa shape index (κ3) is 4.52. The standard InChI is InChI=1S/C45H28B2N4O11/c46-26-29-21(31(52)19(33(26)54)17-12-7-13-18(14-17)45-49-43(15-8-3-1-4-9-15)48-44(50-45)16-10-5-2-6-11-16)20-28-23(22-30(51(28)29)37(58)40(61)39(60)34(22)55)41-24(32(20)53)25-35(56)38(59)36(57)27(47)42(25)62-41/h1-14,52-61H,46-47H2. The second-order valence-electron chi connectivity index (χ2n) is 15.1. The molecule has 0 fully saturated rings. The molecule has 17 heteroatoms. The summed E-state index contributed by atoms with van der Waals surface area (Å²) in [6.07, 6.45) is 0. The highest BCUT2D eigenvalue weighted by molar-refractivity contribution is 6.48. The SMILES string of the molecule is Bc1c(O)c(O)c(O)c2c1oc1c2c(O)c2c3c(O)c(-c4cccc(-c5nc(-c6ccccc6)nc(-c6ccccc6)n5)c4)c(O)c(B)c3n3c4c(O)c(O)c(O)c(O)c4c1c23. The Morgan fingerprint density at radius 3 is 1.48 bits per heavy atom. The summed E-state index contributed by atoms with van der Waals surface area (Å²) >= 11 is 0. The van der Waals surface area contributed by atoms with Gasteiger partial charge in [0.25, 0.3) is 0 Å². The number of hydrogen-bond donors (Lipinski definition) is 10. The van der Waals surface area contributed by atoms with E-state index < -0.39 is 57.5 Å². The van der Waals surface area contributed by atoms with Crippen LogP contribution in [0.3, 0.4) is 0 Å². The fourth-order valence-corrected chi connectivity index (χ4v) is 8.85. The van der Waals surface area contributed by atoms with Crippen LogP contribution in [0.25, 0.3) is 105 Å². The largest absolute Gasteiger partial charge is 0.508 e. The fourth-order valence-electron chi connectivity index (χ4n) is 8.85. The van der Waals surface area contributed by atoms with Crippen molar-refractivity contribution in [3.63, 3.8) is 0 Å². The minimum atomic E-state index is -1.08. The third-order valence-corrected chi connectivity index (χ3v) is 11.8. The molecule has 0 radical (unpaired) electrons. The molecule has 4 aromatic heterocycles. The Kier molecular flexibility index (Phi) is 7.28. The average molecular weight is 822 g/mol. The molecule has 7 aromatic carbocycles. The Morgan fingerprint density at radius 1 is 0.371 bits per heavy atom. The predicted octanol–water partition coefficient (Wildman–Crippen LogP) is 5.16. The van der Waals surface area contributed by atoms with Crippen LogP contribution >= 0.6 is 0 Å². The molecule has 0 saturated heterocycles. The molecule has 0 spiro atoms. The maximum absolute atomic E-state index is 12.5. The van der Waals surface area contributed by atoms with Gasteiger partial charge in [0.1, 0.15) is 49.6 Å². The van der Waals surface area contributed by atoms with E-state index >= 15 is 0 Å². The molecule has 0 bridgehead atoms. The normalized spacial score (nSPS) is 12.0. The van der Waals surface area contributed by atoms with E-state index in [0.29, 0.717) is 22.8 Å². The molecule has 4 heterocycles. The number of aromatic hydroxyl groups is 10. The van der Waals surface area contributed by atoms with Crippen LogP contribution in [-0.4, -0.2) is 86.1 Å². The van der Waals surface area contributed by atoms with Gasteiger partial charge in [-0.05, 0) is 22.6 Å². The number of aromatic nitrogens is 4. The highest BCUT2D eigenvalue weighted by Gasteiger charge is 2.36. The molecular formula is C45H28B2N4O11. The Morgan fingerprint density at radius 2 is 0.855 bits per heavy atom. The first kappa shape index (κ1) is 36.4. The summed E-state index contributed by atoms with van der Waals surface area (Å²) in [5, 5.41) is 113. The van der Waals surface area contributed by atoms with Gasteiger partial charge < -0.3 is 59.9 Å². The van der Waals surface area contributed by atoms with Crippen LogP contribution < -0.4 is 10.9 Å². The van der Waals surface area contributed by atoms with E-state index in [1.54, 1.807) is 24.3 Å². The van der Waals surface area contributed by atoms with Crippen LogP contribution in [0, 0.1) is 0 Å². The minimum absolute atomic E-state index is 0.00369. The van der Waals surface area contributed by atoms with Crippen molar-refractivity contribution in [3.8, 4) is 103 Å². The van der Waals surface area contributed by atoms with Gasteiger partial charge >= 0.3 is 0 Å². The van der Waals surface area contributed by atoms with Gasteiger partial charge in [0.15, 0.2) is 40.5 Å². The van der Waals surface area contributed by atoms with Crippen LogP contribution in [0.5, 0.6) is 57.5 Å². The van der Waals surface area contributed by atoms with E-state index in [0.717, 1.165) is 11.1 Å². The van der Waals surface area contributed by atoms with E-state index in [4.69, 9.17) is 19.4 Å². The van der Waals surface area contributed by atoms with Crippen molar-refractivity contribution in [2.45, 2.75) is 0 Å². The van der Waals surface area contributed by atoms with Gasteiger partial charge in [-0.2, -0.15) is 0 Å². The topological polar surface area (TPSA) is 259 Å². The maximum Gasteiger partial charge on any atom is 0.206 e. The second kappa shape index (κ2) is 12.4. The number of nitrogens with zero attached hydrogens (tertiary/aromatic N) is 4. The second-order valence-corrected chi connectivity index (χ2v) is 15.1. The van der Waals surface area contributed by atoms with Crippen molar-refractivity contribution < 1.29 is 55.5 Å². The van der Waals surface area contributed by atoms with Crippen molar-refractivity contribution in [3.05, 3.63) is 84.9 Å². The van der Waals surface area contributed by atoms with E-state index in [9.17, 15) is 51.1 Å². The molecule has 0 unspecified atom stereocenters. The molecule has 11 aromatic rings. The van der Waals surface area contributed by atoms with Crippen molar-refractivity contribution >= 4 is 86.7 Å². The first-order chi connectivity index (χ1) is 29.8. The lowest BCUT2D eigenvalue weighted by Crippen LogP contribution is -2.08. The fraction of sp³-hybridized carbons (Fsp3) is 0. The number of furan rings is 1. The monoisotopic (exact) mass is 822 g/mol. The zero-order chi connectivity index (χ0) is 43.2. The number of benzene rings is 7. The van der Waals surface area contributed by atoms with Gasteiger partial charge in [0, 0.05) is 16.7 Å². The molecule has 300 valence electrons. The highest BCUT2D eigenvalue weighted by atomic mass is 16.4. The molecular weight excluding hydrogens is 794 g/mol. The number of phenols is 10. The zero-order valence-corrected chi connectivity index (χ0v) is 32.3. The van der Waals surface area contributed by atoms with Gasteiger partial charge in [-0.15, -0.1) is 0 Å². The smallest absolute Gasteiger partial charge is 0.206 e. The number of phenolic OH excluding ortho intramolecular Hbond substituents is 10. The minimum Gasteiger partial charge on any atom is -0.508 e. The quantitative estimate of drug-likeness (QED) is 0.0625. The van der Waals surface area contributed by atoms with Gasteiger partial charge in [0.2, 0.25) is 17.2 Å². The lowest BCUT2D eigenvalue weighted by Gasteiger charge is -2.15. The van der Waals surface area contributed by atoms with Crippen molar-refractivity contribution in [2.75, 3.05) is 0 Å². The summed E-state index contributed by atoms with van der Waals surface area (Å²) in [5.74, 6) is -6.87. The molecule has 10 N–H and O–H groups in total. The van der Waals surface area contributed by atoms with Crippen LogP contribution in [-0.2, 0) is 0 Å². The summed E-state index contributed by atoms with van der Waals surface area (Å²) in [6.45, 7) is 0. The number of hydrogen-bond acceptors (Lipinski definition) is 14. The Bertz CT molecular complexity index is 3720. The zero-order valence-electron chi connectivity index (χ0n) is 32.3. The lowest BCUT2D eigenvalue weighted by molar-refractivity contribution is 0.350. The summed E-state index contributed by atoms with van der Waals surface area (Å²) in [4.78, 5) is 14.4. The molecule has 62 heavy (non-hydrogen) atoms. The lowest BCUT2D eigenvalue weighted by atomic mass is 9.86. The maximum atomic E-state index is 12.5. The Hall–Kier alpha value is -8.72. The van der Waals surface area contributed by atoms with Crippen molar-refractivity contribution in [1.29, 1.82) is 0 Å². The molecule has 15 nitrogen and oxygen atoms in total. The molecule has 0 aliphatic rings. The van der Waals surface area contributed by atoms with E-state index in [1.165, 1.54) is 20.1 Å². The predicted molar refractivity (Wildman–Crippen MR) is 237 cm³/mol. The van der Waals surface area contributed by atoms with E-state index in [2.05, 4.69) is 0 Å². The van der Waals surface area contributed by atoms with Gasteiger partial charge in [-0.25, -0.2) is 15.0 Å². The summed E-state index contributed by atoms with van der Waals surface area (Å²) in [7, 11) is 2.92. The highest BCUT2D eigenvalue weighted by Crippen LogP contribution is 2.60. The summed E-state index contributed by atoms with van der Waals surface area (Å²) in [6, 6.07) is 25.5. The molecule has 0 atom stereocenters. The van der Waals surface area contributed by atoms with Gasteiger partial charge in [0.05, 0.1) is 48.9 Å². The van der Waals surface area contributed by atoms with E-state index in [1.807, 2.05) is 60.7 Å². The van der Waals surface area contributed by atoms with Gasteiger partial charge in [-0.3, -0.25) is 0 Å². The first-order valence-corrected chi connectivity index (χ1v) is 19.0. The molecule has 0 aliphatic heterocycles. The third-order valence-electron chi connectivity index (χ3n) is 11.8. The number of fused-ring (bicyclic) bond motifs is 10. The van der Waals surface area contributed by atoms with Crippen molar-refractivity contribution in [2.24, 2.45) is 0 Å². The molecule has 0 saturated carbocycles. The van der Waals surface area contributed by atoms with Crippen molar-refractivity contribution in [1.82, 2.24) is 19.4 Å². The van der Waals surface area contributed by atoms with Crippen LogP contribution in [0.4, 0.5) is 0 Å². The van der Waals surface area contributed by atoms with E-state index in [-0.39, 0.29) is 82.3 Å². The molecule has 0 amide bonds. The molecule has 0 aliphatic carbocycles. The Labute approximate surface area is 348 Å². The summed E-state index contributed by atoms with van der Waals surface area (Å²) in [5.41, 5.74) is 1.62.